The first-order valence-electron chi connectivity index (χ1n) is 6.08. The summed E-state index contributed by atoms with van der Waals surface area (Å²) >= 11 is 5.90. The molecular weight excluding hydrogens is 296 g/mol. The molecule has 2 aromatic rings. The van der Waals surface area contributed by atoms with Crippen molar-refractivity contribution in [2.75, 3.05) is 0 Å². The standard InChI is InChI=1S/C14H13ClN2O4/c1-9-7-10(4-5-11(9)15)8-21-14(19)17-16-13(18)12-3-2-6-20-12/h2-7H,8H2,1H3,(H,16,18)(H,17,19). The second-order valence-corrected chi connectivity index (χ2v) is 4.62. The Morgan fingerprint density at radius 1 is 1.29 bits per heavy atom. The monoisotopic (exact) mass is 308 g/mol. The first kappa shape index (κ1) is 14.9. The number of carbonyl (C=O) groups is 2. The molecule has 1 heterocycles. The maximum atomic E-state index is 11.5. The molecule has 0 saturated carbocycles. The van der Waals surface area contributed by atoms with Crippen molar-refractivity contribution >= 4 is 23.6 Å². The van der Waals surface area contributed by atoms with Gasteiger partial charge in [-0.1, -0.05) is 23.7 Å². The summed E-state index contributed by atoms with van der Waals surface area (Å²) in [6.45, 7) is 1.93. The summed E-state index contributed by atoms with van der Waals surface area (Å²) in [5.41, 5.74) is 5.97. The molecule has 0 spiro atoms. The number of halogens is 1. The van der Waals surface area contributed by atoms with E-state index in [0.717, 1.165) is 11.1 Å². The molecule has 0 aliphatic rings. The highest BCUT2D eigenvalue weighted by molar-refractivity contribution is 6.31. The van der Waals surface area contributed by atoms with Crippen LogP contribution in [0.4, 0.5) is 4.79 Å². The highest BCUT2D eigenvalue weighted by Crippen LogP contribution is 2.16. The van der Waals surface area contributed by atoms with Gasteiger partial charge in [-0.25, -0.2) is 10.2 Å². The van der Waals surface area contributed by atoms with Crippen molar-refractivity contribution < 1.29 is 18.7 Å². The van der Waals surface area contributed by atoms with Crippen molar-refractivity contribution in [3.05, 3.63) is 58.5 Å². The van der Waals surface area contributed by atoms with Crippen LogP contribution >= 0.6 is 11.6 Å². The van der Waals surface area contributed by atoms with E-state index in [1.165, 1.54) is 12.3 Å². The maximum absolute atomic E-state index is 11.5. The van der Waals surface area contributed by atoms with Gasteiger partial charge in [0.25, 0.3) is 0 Å². The van der Waals surface area contributed by atoms with Crippen LogP contribution in [-0.4, -0.2) is 12.0 Å². The van der Waals surface area contributed by atoms with Gasteiger partial charge in [0, 0.05) is 5.02 Å². The first-order chi connectivity index (χ1) is 10.1. The number of aryl methyl sites for hydroxylation is 1. The van der Waals surface area contributed by atoms with Crippen molar-refractivity contribution in [1.29, 1.82) is 0 Å². The smallest absolute Gasteiger partial charge is 0.426 e. The summed E-state index contributed by atoms with van der Waals surface area (Å²) in [5, 5.41) is 0.647. The molecule has 6 nitrogen and oxygen atoms in total. The lowest BCUT2D eigenvalue weighted by Crippen LogP contribution is -2.41. The third-order valence-electron chi connectivity index (χ3n) is 2.62. The van der Waals surface area contributed by atoms with Crippen molar-refractivity contribution in [2.24, 2.45) is 0 Å². The molecule has 0 atom stereocenters. The fraction of sp³-hybridized carbons (Fsp3) is 0.143. The molecule has 2 amide bonds. The number of amides is 2. The van der Waals surface area contributed by atoms with E-state index < -0.39 is 12.0 Å². The van der Waals surface area contributed by atoms with Gasteiger partial charge in [-0.05, 0) is 36.2 Å². The Balaban J connectivity index is 1.77. The van der Waals surface area contributed by atoms with Crippen LogP contribution in [0.25, 0.3) is 0 Å². The molecule has 2 rings (SSSR count). The normalized spacial score (nSPS) is 10.0. The molecule has 0 fully saturated rings. The molecule has 2 N–H and O–H groups in total. The van der Waals surface area contributed by atoms with E-state index in [1.807, 2.05) is 13.0 Å². The Labute approximate surface area is 126 Å². The number of ether oxygens (including phenoxy) is 1. The molecule has 1 aromatic heterocycles. The number of rotatable bonds is 3. The Kier molecular flexibility index (Phi) is 4.84. The summed E-state index contributed by atoms with van der Waals surface area (Å²) in [5.74, 6) is -0.483. The quantitative estimate of drug-likeness (QED) is 0.854. The topological polar surface area (TPSA) is 80.6 Å². The van der Waals surface area contributed by atoms with Crippen molar-refractivity contribution in [3.63, 3.8) is 0 Å². The van der Waals surface area contributed by atoms with Gasteiger partial charge in [0.1, 0.15) is 6.61 Å². The van der Waals surface area contributed by atoms with Crippen LogP contribution in [0.2, 0.25) is 5.02 Å². The third kappa shape index (κ3) is 4.25. The van der Waals surface area contributed by atoms with Crippen molar-refractivity contribution in [2.45, 2.75) is 13.5 Å². The number of carbonyl (C=O) groups excluding carboxylic acids is 2. The molecule has 0 aliphatic carbocycles. The van der Waals surface area contributed by atoms with Crippen LogP contribution in [-0.2, 0) is 11.3 Å². The van der Waals surface area contributed by atoms with Crippen LogP contribution in [0.15, 0.2) is 41.0 Å². The molecule has 110 valence electrons. The number of nitrogens with one attached hydrogen (secondary N) is 2. The predicted molar refractivity (Wildman–Crippen MR) is 75.7 cm³/mol. The van der Waals surface area contributed by atoms with E-state index >= 15 is 0 Å². The minimum absolute atomic E-state index is 0.0699. The summed E-state index contributed by atoms with van der Waals surface area (Å²) in [6.07, 6.45) is 0.582. The predicted octanol–water partition coefficient (Wildman–Crippen LogP) is 2.81. The Bertz CT molecular complexity index is 640. The highest BCUT2D eigenvalue weighted by atomic mass is 35.5. The van der Waals surface area contributed by atoms with Crippen molar-refractivity contribution in [1.82, 2.24) is 10.9 Å². The summed E-state index contributed by atoms with van der Waals surface area (Å²) in [6, 6.07) is 8.34. The molecule has 0 bridgehead atoms. The summed E-state index contributed by atoms with van der Waals surface area (Å²) in [4.78, 5) is 22.9. The molecule has 0 radical (unpaired) electrons. The van der Waals surface area contributed by atoms with Gasteiger partial charge in [-0.3, -0.25) is 10.2 Å². The summed E-state index contributed by atoms with van der Waals surface area (Å²) in [7, 11) is 0. The SMILES string of the molecule is Cc1cc(COC(=O)NNC(=O)c2ccco2)ccc1Cl. The van der Waals surface area contributed by atoms with Crippen LogP contribution in [0.1, 0.15) is 21.7 Å². The Hall–Kier alpha value is -2.47. The van der Waals surface area contributed by atoms with Crippen LogP contribution in [0.5, 0.6) is 0 Å². The largest absolute Gasteiger partial charge is 0.459 e. The second kappa shape index (κ2) is 6.81. The van der Waals surface area contributed by atoms with E-state index in [9.17, 15) is 9.59 Å². The number of benzene rings is 1. The molecule has 21 heavy (non-hydrogen) atoms. The summed E-state index contributed by atoms with van der Waals surface area (Å²) < 4.78 is 9.82. The lowest BCUT2D eigenvalue weighted by atomic mass is 10.1. The lowest BCUT2D eigenvalue weighted by molar-refractivity contribution is 0.0878. The number of furan rings is 1. The van der Waals surface area contributed by atoms with Gasteiger partial charge >= 0.3 is 12.0 Å². The van der Waals surface area contributed by atoms with E-state index in [0.29, 0.717) is 5.02 Å². The van der Waals surface area contributed by atoms with E-state index in [1.54, 1.807) is 18.2 Å². The molecule has 1 aromatic carbocycles. The van der Waals surface area contributed by atoms with Gasteiger partial charge < -0.3 is 9.15 Å². The van der Waals surface area contributed by atoms with Gasteiger partial charge in [0.2, 0.25) is 0 Å². The zero-order chi connectivity index (χ0) is 15.2. The molecule has 7 heteroatoms. The van der Waals surface area contributed by atoms with Gasteiger partial charge in [-0.2, -0.15) is 0 Å². The molecule has 0 unspecified atom stereocenters. The van der Waals surface area contributed by atoms with Crippen LogP contribution in [0.3, 0.4) is 0 Å². The van der Waals surface area contributed by atoms with Gasteiger partial charge in [0.15, 0.2) is 5.76 Å². The average molecular weight is 309 g/mol. The first-order valence-corrected chi connectivity index (χ1v) is 6.45. The fourth-order valence-electron chi connectivity index (χ4n) is 1.56. The maximum Gasteiger partial charge on any atom is 0.426 e. The Morgan fingerprint density at radius 2 is 2.10 bits per heavy atom. The van der Waals surface area contributed by atoms with Gasteiger partial charge in [0.05, 0.1) is 6.26 Å². The molecule has 0 aliphatic heterocycles. The zero-order valence-electron chi connectivity index (χ0n) is 11.2. The average Bonchev–Trinajstić information content (AvgIpc) is 3.00. The number of hydrazine groups is 1. The van der Waals surface area contributed by atoms with Gasteiger partial charge in [-0.15, -0.1) is 0 Å². The fourth-order valence-corrected chi connectivity index (χ4v) is 1.68. The minimum Gasteiger partial charge on any atom is -0.459 e. The molecular formula is C14H13ClN2O4. The number of hydrogen-bond acceptors (Lipinski definition) is 4. The van der Waals surface area contributed by atoms with E-state index in [4.69, 9.17) is 20.8 Å². The van der Waals surface area contributed by atoms with Crippen molar-refractivity contribution in [3.8, 4) is 0 Å². The van der Waals surface area contributed by atoms with E-state index in [2.05, 4.69) is 10.9 Å². The molecule has 0 saturated heterocycles. The van der Waals surface area contributed by atoms with Crippen LogP contribution in [0, 0.1) is 6.92 Å². The zero-order valence-corrected chi connectivity index (χ0v) is 11.9. The van der Waals surface area contributed by atoms with E-state index in [-0.39, 0.29) is 12.4 Å². The Morgan fingerprint density at radius 3 is 2.76 bits per heavy atom. The lowest BCUT2D eigenvalue weighted by Gasteiger charge is -2.08. The minimum atomic E-state index is -0.775. The third-order valence-corrected chi connectivity index (χ3v) is 3.04. The highest BCUT2D eigenvalue weighted by Gasteiger charge is 2.10. The second-order valence-electron chi connectivity index (χ2n) is 4.22. The number of hydrogen-bond donors (Lipinski definition) is 2. The van der Waals surface area contributed by atoms with Crippen LogP contribution < -0.4 is 10.9 Å².